The first-order valence-corrected chi connectivity index (χ1v) is 11.7. The first-order valence-electron chi connectivity index (χ1n) is 10.2. The Balaban J connectivity index is 1.95. The molecule has 0 spiro atoms. The van der Waals surface area contributed by atoms with Gasteiger partial charge in [0.15, 0.2) is 0 Å². The Bertz CT molecular complexity index is 1060. The summed E-state index contributed by atoms with van der Waals surface area (Å²) in [6.45, 7) is 6.42. The summed E-state index contributed by atoms with van der Waals surface area (Å²) in [5.41, 5.74) is 1.05. The molecule has 0 bridgehead atoms. The Labute approximate surface area is 188 Å². The first kappa shape index (κ1) is 23.6. The smallest absolute Gasteiger partial charge is 0.337 e. The van der Waals surface area contributed by atoms with E-state index in [0.717, 1.165) is 38.4 Å². The lowest BCUT2D eigenvalue weighted by Gasteiger charge is -2.36. The van der Waals surface area contributed by atoms with E-state index in [4.69, 9.17) is 9.47 Å². The van der Waals surface area contributed by atoms with Gasteiger partial charge in [-0.3, -0.25) is 4.72 Å². The van der Waals surface area contributed by atoms with Gasteiger partial charge in [-0.15, -0.1) is 0 Å². The molecular weight excluding hydrogens is 434 g/mol. The molecule has 1 heterocycles. The number of sulfonamides is 1. The lowest BCUT2D eigenvalue weighted by molar-refractivity contribution is 0.0598. The molecule has 0 aliphatic carbocycles. The van der Waals surface area contributed by atoms with Crippen molar-refractivity contribution in [2.24, 2.45) is 0 Å². The maximum absolute atomic E-state index is 13.2. The highest BCUT2D eigenvalue weighted by Crippen LogP contribution is 2.29. The summed E-state index contributed by atoms with van der Waals surface area (Å²) < 4.78 is 38.4. The first-order chi connectivity index (χ1) is 15.3. The number of rotatable bonds is 7. The number of benzene rings is 2. The maximum atomic E-state index is 13.2. The third-order valence-electron chi connectivity index (χ3n) is 5.37. The molecule has 1 aliphatic heterocycles. The van der Waals surface area contributed by atoms with Crippen LogP contribution in [0.3, 0.4) is 0 Å². The fourth-order valence-corrected chi connectivity index (χ4v) is 4.71. The summed E-state index contributed by atoms with van der Waals surface area (Å²) in [4.78, 5) is 28.3. The Kier molecular flexibility index (Phi) is 7.37. The standard InChI is InChI=1S/C22H27N3O6S/c1-4-24-9-11-25(12-10-24)20-8-6-5-7-19(20)23-32(28,29)18-14-16(21(26)30-2)13-17(15-18)22(27)31-3/h5-8,13-15,23H,4,9-12H2,1-3H3. The minimum atomic E-state index is -4.12. The maximum Gasteiger partial charge on any atom is 0.337 e. The molecule has 0 aromatic heterocycles. The number of hydrogen-bond donors (Lipinski definition) is 1. The van der Waals surface area contributed by atoms with Crippen molar-refractivity contribution in [3.63, 3.8) is 0 Å². The number of nitrogens with zero attached hydrogens (tertiary/aromatic N) is 2. The number of para-hydroxylation sites is 2. The molecule has 10 heteroatoms. The molecule has 2 aromatic rings. The molecule has 1 fully saturated rings. The second-order valence-electron chi connectivity index (χ2n) is 7.27. The fourth-order valence-electron chi connectivity index (χ4n) is 3.57. The molecule has 3 rings (SSSR count). The topological polar surface area (TPSA) is 105 Å². The van der Waals surface area contributed by atoms with Gasteiger partial charge in [-0.2, -0.15) is 0 Å². The van der Waals surface area contributed by atoms with Crippen molar-refractivity contribution in [2.75, 3.05) is 56.6 Å². The van der Waals surface area contributed by atoms with Crippen LogP contribution < -0.4 is 9.62 Å². The fraction of sp³-hybridized carbons (Fsp3) is 0.364. The Morgan fingerprint density at radius 1 is 0.938 bits per heavy atom. The normalized spacial score (nSPS) is 14.7. The number of carbonyl (C=O) groups is 2. The van der Waals surface area contributed by atoms with E-state index in [-0.39, 0.29) is 16.0 Å². The van der Waals surface area contributed by atoms with Gasteiger partial charge < -0.3 is 19.3 Å². The second-order valence-corrected chi connectivity index (χ2v) is 8.96. The van der Waals surface area contributed by atoms with Crippen molar-refractivity contribution in [3.8, 4) is 0 Å². The van der Waals surface area contributed by atoms with Gasteiger partial charge in [0.1, 0.15) is 0 Å². The number of anilines is 2. The van der Waals surface area contributed by atoms with E-state index in [9.17, 15) is 18.0 Å². The van der Waals surface area contributed by atoms with Crippen molar-refractivity contribution >= 4 is 33.3 Å². The van der Waals surface area contributed by atoms with Gasteiger partial charge in [-0.05, 0) is 36.9 Å². The zero-order chi connectivity index (χ0) is 23.3. The molecule has 0 atom stereocenters. The van der Waals surface area contributed by atoms with Crippen molar-refractivity contribution in [3.05, 3.63) is 53.6 Å². The van der Waals surface area contributed by atoms with E-state index >= 15 is 0 Å². The third kappa shape index (κ3) is 5.20. The molecule has 1 saturated heterocycles. The number of ether oxygens (including phenoxy) is 2. The molecule has 0 amide bonds. The van der Waals surface area contributed by atoms with Crippen LogP contribution in [0.15, 0.2) is 47.4 Å². The van der Waals surface area contributed by atoms with Gasteiger partial charge >= 0.3 is 11.9 Å². The zero-order valence-corrected chi connectivity index (χ0v) is 19.1. The van der Waals surface area contributed by atoms with E-state index in [2.05, 4.69) is 21.4 Å². The zero-order valence-electron chi connectivity index (χ0n) is 18.3. The minimum Gasteiger partial charge on any atom is -0.465 e. The predicted molar refractivity (Wildman–Crippen MR) is 121 cm³/mol. The predicted octanol–water partition coefficient (Wildman–Crippen LogP) is 2.20. The van der Waals surface area contributed by atoms with Crippen molar-refractivity contribution in [1.82, 2.24) is 4.90 Å². The van der Waals surface area contributed by atoms with E-state index in [1.165, 1.54) is 32.4 Å². The van der Waals surface area contributed by atoms with Gasteiger partial charge in [-0.1, -0.05) is 19.1 Å². The van der Waals surface area contributed by atoms with Crippen LogP contribution >= 0.6 is 0 Å². The van der Waals surface area contributed by atoms with Crippen molar-refractivity contribution in [1.29, 1.82) is 0 Å². The number of nitrogens with one attached hydrogen (secondary N) is 1. The van der Waals surface area contributed by atoms with Crippen LogP contribution in [0.1, 0.15) is 27.6 Å². The van der Waals surface area contributed by atoms with Crippen LogP contribution in [0.5, 0.6) is 0 Å². The highest BCUT2D eigenvalue weighted by Gasteiger charge is 2.24. The van der Waals surface area contributed by atoms with Gasteiger partial charge in [0.05, 0.1) is 41.6 Å². The minimum absolute atomic E-state index is 0.0697. The van der Waals surface area contributed by atoms with Crippen LogP contribution in [0.4, 0.5) is 11.4 Å². The van der Waals surface area contributed by atoms with Crippen LogP contribution in [-0.4, -0.2) is 72.2 Å². The summed E-state index contributed by atoms with van der Waals surface area (Å²) in [6, 6.07) is 10.7. The number of piperazine rings is 1. The van der Waals surface area contributed by atoms with Crippen LogP contribution in [0.2, 0.25) is 0 Å². The van der Waals surface area contributed by atoms with Crippen LogP contribution in [0, 0.1) is 0 Å². The van der Waals surface area contributed by atoms with E-state index < -0.39 is 22.0 Å². The molecule has 9 nitrogen and oxygen atoms in total. The average molecular weight is 462 g/mol. The summed E-state index contributed by atoms with van der Waals surface area (Å²) in [7, 11) is -1.77. The summed E-state index contributed by atoms with van der Waals surface area (Å²) >= 11 is 0. The lowest BCUT2D eigenvalue weighted by Crippen LogP contribution is -2.46. The largest absolute Gasteiger partial charge is 0.465 e. The number of esters is 2. The molecule has 0 saturated carbocycles. The highest BCUT2D eigenvalue weighted by molar-refractivity contribution is 7.92. The molecule has 0 unspecified atom stereocenters. The number of likely N-dealkylation sites (N-methyl/N-ethyl adjacent to an activating group) is 1. The molecule has 0 radical (unpaired) electrons. The Hall–Kier alpha value is -3.11. The van der Waals surface area contributed by atoms with Gasteiger partial charge in [0.2, 0.25) is 0 Å². The average Bonchev–Trinajstić information content (AvgIpc) is 2.82. The molecular formula is C22H27N3O6S. The molecule has 1 aliphatic rings. The second kappa shape index (κ2) is 10.0. The van der Waals surface area contributed by atoms with Crippen molar-refractivity contribution in [2.45, 2.75) is 11.8 Å². The van der Waals surface area contributed by atoms with Gasteiger partial charge in [-0.25, -0.2) is 18.0 Å². The lowest BCUT2D eigenvalue weighted by atomic mass is 10.1. The summed E-state index contributed by atoms with van der Waals surface area (Å²) in [5, 5.41) is 0. The summed E-state index contributed by atoms with van der Waals surface area (Å²) in [5.74, 6) is -1.53. The highest BCUT2D eigenvalue weighted by atomic mass is 32.2. The molecule has 172 valence electrons. The monoisotopic (exact) mass is 461 g/mol. The van der Waals surface area contributed by atoms with Crippen LogP contribution in [-0.2, 0) is 19.5 Å². The molecule has 32 heavy (non-hydrogen) atoms. The van der Waals surface area contributed by atoms with E-state index in [1.807, 2.05) is 12.1 Å². The summed E-state index contributed by atoms with van der Waals surface area (Å²) in [6.07, 6.45) is 0. The van der Waals surface area contributed by atoms with E-state index in [1.54, 1.807) is 12.1 Å². The van der Waals surface area contributed by atoms with E-state index in [0.29, 0.717) is 5.69 Å². The van der Waals surface area contributed by atoms with Gasteiger partial charge in [0.25, 0.3) is 10.0 Å². The number of methoxy groups -OCH3 is 2. The number of carbonyl (C=O) groups excluding carboxylic acids is 2. The molecule has 2 aromatic carbocycles. The van der Waals surface area contributed by atoms with Crippen LogP contribution in [0.25, 0.3) is 0 Å². The Morgan fingerprint density at radius 2 is 1.50 bits per heavy atom. The number of hydrogen-bond acceptors (Lipinski definition) is 8. The molecule has 1 N–H and O–H groups in total. The van der Waals surface area contributed by atoms with Gasteiger partial charge in [0, 0.05) is 26.2 Å². The van der Waals surface area contributed by atoms with Crippen molar-refractivity contribution < 1.29 is 27.5 Å². The SMILES string of the molecule is CCN1CCN(c2ccccc2NS(=O)(=O)c2cc(C(=O)OC)cc(C(=O)OC)c2)CC1. The Morgan fingerprint density at radius 3 is 2.03 bits per heavy atom. The third-order valence-corrected chi connectivity index (χ3v) is 6.71. The quantitative estimate of drug-likeness (QED) is 0.626.